The SMILES string of the molecule is COc1cc(NC(=O)c2occ3ccccc23)ccc1-c1cnco1. The number of amides is 1. The molecule has 0 aliphatic rings. The summed E-state index contributed by atoms with van der Waals surface area (Å²) in [6.07, 6.45) is 4.52. The van der Waals surface area contributed by atoms with E-state index in [1.807, 2.05) is 24.3 Å². The molecule has 6 heteroatoms. The predicted octanol–water partition coefficient (Wildman–Crippen LogP) is 4.35. The van der Waals surface area contributed by atoms with Crippen molar-refractivity contribution in [3.05, 3.63) is 67.1 Å². The molecule has 1 N–H and O–H groups in total. The lowest BCUT2D eigenvalue weighted by atomic mass is 10.1. The normalized spacial score (nSPS) is 10.8. The molecule has 6 nitrogen and oxygen atoms in total. The van der Waals surface area contributed by atoms with Gasteiger partial charge >= 0.3 is 0 Å². The minimum Gasteiger partial charge on any atom is -0.496 e. The zero-order valence-corrected chi connectivity index (χ0v) is 13.4. The van der Waals surface area contributed by atoms with Gasteiger partial charge in [0.1, 0.15) is 5.75 Å². The Morgan fingerprint density at radius 2 is 2.04 bits per heavy atom. The van der Waals surface area contributed by atoms with E-state index in [0.717, 1.165) is 16.3 Å². The molecular formula is C19H14N2O4. The third-order valence-corrected chi connectivity index (χ3v) is 3.87. The van der Waals surface area contributed by atoms with Gasteiger partial charge in [-0.15, -0.1) is 0 Å². The molecule has 2 aromatic heterocycles. The van der Waals surface area contributed by atoms with Gasteiger partial charge in [0.15, 0.2) is 17.9 Å². The van der Waals surface area contributed by atoms with Crippen molar-refractivity contribution in [3.63, 3.8) is 0 Å². The Morgan fingerprint density at radius 1 is 1.16 bits per heavy atom. The maximum absolute atomic E-state index is 12.5. The number of nitrogens with one attached hydrogen (secondary N) is 1. The summed E-state index contributed by atoms with van der Waals surface area (Å²) in [6, 6.07) is 12.8. The maximum atomic E-state index is 12.5. The highest BCUT2D eigenvalue weighted by molar-refractivity contribution is 6.11. The first kappa shape index (κ1) is 15.0. The zero-order chi connectivity index (χ0) is 17.2. The highest BCUT2D eigenvalue weighted by Crippen LogP contribution is 2.32. The van der Waals surface area contributed by atoms with E-state index in [1.165, 1.54) is 6.39 Å². The monoisotopic (exact) mass is 334 g/mol. The van der Waals surface area contributed by atoms with Crippen LogP contribution in [0, 0.1) is 0 Å². The van der Waals surface area contributed by atoms with Crippen molar-refractivity contribution in [3.8, 4) is 17.1 Å². The fourth-order valence-electron chi connectivity index (χ4n) is 2.68. The number of aromatic nitrogens is 1. The molecule has 2 heterocycles. The number of hydrogen-bond acceptors (Lipinski definition) is 5. The predicted molar refractivity (Wildman–Crippen MR) is 92.7 cm³/mol. The Labute approximate surface area is 143 Å². The molecule has 0 bridgehead atoms. The highest BCUT2D eigenvalue weighted by Gasteiger charge is 2.16. The second-order valence-corrected chi connectivity index (χ2v) is 5.39. The molecule has 0 saturated heterocycles. The number of hydrogen-bond donors (Lipinski definition) is 1. The van der Waals surface area contributed by atoms with Crippen LogP contribution in [0.3, 0.4) is 0 Å². The summed E-state index contributed by atoms with van der Waals surface area (Å²) < 4.78 is 16.1. The fourth-order valence-corrected chi connectivity index (χ4v) is 2.68. The van der Waals surface area contributed by atoms with E-state index in [2.05, 4.69) is 10.3 Å². The number of ether oxygens (including phenoxy) is 1. The van der Waals surface area contributed by atoms with Gasteiger partial charge in [-0.25, -0.2) is 4.98 Å². The number of nitrogens with zero attached hydrogens (tertiary/aromatic N) is 1. The van der Waals surface area contributed by atoms with Crippen LogP contribution in [0.25, 0.3) is 22.1 Å². The number of carbonyl (C=O) groups excluding carboxylic acids is 1. The van der Waals surface area contributed by atoms with Gasteiger partial charge < -0.3 is 18.9 Å². The maximum Gasteiger partial charge on any atom is 0.292 e. The number of anilines is 1. The average molecular weight is 334 g/mol. The Balaban J connectivity index is 1.63. The molecule has 0 fully saturated rings. The Hall–Kier alpha value is -3.54. The van der Waals surface area contributed by atoms with Crippen LogP contribution in [0.2, 0.25) is 0 Å². The number of rotatable bonds is 4. The van der Waals surface area contributed by atoms with Gasteiger partial charge in [0, 0.05) is 22.5 Å². The van der Waals surface area contributed by atoms with Gasteiger partial charge in [-0.05, 0) is 12.1 Å². The Morgan fingerprint density at radius 3 is 2.84 bits per heavy atom. The topological polar surface area (TPSA) is 77.5 Å². The quantitative estimate of drug-likeness (QED) is 0.600. The van der Waals surface area contributed by atoms with Crippen molar-refractivity contribution >= 4 is 22.4 Å². The van der Waals surface area contributed by atoms with Crippen LogP contribution in [0.4, 0.5) is 5.69 Å². The van der Waals surface area contributed by atoms with Gasteiger partial charge in [-0.2, -0.15) is 0 Å². The van der Waals surface area contributed by atoms with E-state index in [4.69, 9.17) is 13.6 Å². The van der Waals surface area contributed by atoms with Crippen molar-refractivity contribution in [2.75, 3.05) is 12.4 Å². The molecule has 25 heavy (non-hydrogen) atoms. The van der Waals surface area contributed by atoms with Gasteiger partial charge in [0.25, 0.3) is 5.91 Å². The summed E-state index contributed by atoms with van der Waals surface area (Å²) >= 11 is 0. The van der Waals surface area contributed by atoms with E-state index >= 15 is 0 Å². The molecule has 1 amide bonds. The second-order valence-electron chi connectivity index (χ2n) is 5.39. The number of carbonyl (C=O) groups is 1. The standard InChI is InChI=1S/C19H14N2O4/c1-23-16-8-13(6-7-15(16)17-9-20-11-25-17)21-19(22)18-14-5-3-2-4-12(14)10-24-18/h2-11H,1H3,(H,21,22). The van der Waals surface area contributed by atoms with Gasteiger partial charge in [0.05, 0.1) is 25.1 Å². The summed E-state index contributed by atoms with van der Waals surface area (Å²) in [5.74, 6) is 1.11. The molecule has 4 aromatic rings. The molecule has 2 aromatic carbocycles. The molecule has 0 saturated carbocycles. The van der Waals surface area contributed by atoms with Crippen LogP contribution in [0.15, 0.2) is 70.2 Å². The lowest BCUT2D eigenvalue weighted by Crippen LogP contribution is -2.11. The number of oxazole rings is 1. The smallest absolute Gasteiger partial charge is 0.292 e. The third kappa shape index (κ3) is 2.74. The molecule has 4 rings (SSSR count). The fraction of sp³-hybridized carbons (Fsp3) is 0.0526. The third-order valence-electron chi connectivity index (χ3n) is 3.87. The van der Waals surface area contributed by atoms with E-state index in [-0.39, 0.29) is 11.7 Å². The minimum atomic E-state index is -0.323. The highest BCUT2D eigenvalue weighted by atomic mass is 16.5. The number of methoxy groups -OCH3 is 1. The molecule has 124 valence electrons. The minimum absolute atomic E-state index is 0.272. The summed E-state index contributed by atoms with van der Waals surface area (Å²) in [6.45, 7) is 0. The van der Waals surface area contributed by atoms with Crippen molar-refractivity contribution in [1.82, 2.24) is 4.98 Å². The number of benzene rings is 2. The van der Waals surface area contributed by atoms with E-state index in [9.17, 15) is 4.79 Å². The van der Waals surface area contributed by atoms with E-state index in [0.29, 0.717) is 17.2 Å². The lowest BCUT2D eigenvalue weighted by molar-refractivity contribution is 0.0999. The van der Waals surface area contributed by atoms with Crippen LogP contribution in [0.1, 0.15) is 10.6 Å². The molecular weight excluding hydrogens is 320 g/mol. The number of furan rings is 1. The van der Waals surface area contributed by atoms with Crippen molar-refractivity contribution < 1.29 is 18.4 Å². The molecule has 0 radical (unpaired) electrons. The van der Waals surface area contributed by atoms with E-state index < -0.39 is 0 Å². The summed E-state index contributed by atoms with van der Waals surface area (Å²) in [5.41, 5.74) is 1.34. The first-order valence-corrected chi connectivity index (χ1v) is 7.61. The van der Waals surface area contributed by atoms with Crippen molar-refractivity contribution in [2.45, 2.75) is 0 Å². The van der Waals surface area contributed by atoms with E-state index in [1.54, 1.807) is 37.8 Å². The summed E-state index contributed by atoms with van der Waals surface area (Å²) in [5, 5.41) is 4.47. The lowest BCUT2D eigenvalue weighted by Gasteiger charge is -2.09. The average Bonchev–Trinajstić information content (AvgIpc) is 3.31. The summed E-state index contributed by atoms with van der Waals surface area (Å²) in [7, 11) is 1.56. The molecule has 0 aliphatic carbocycles. The van der Waals surface area contributed by atoms with Gasteiger partial charge in [0.2, 0.25) is 0 Å². The van der Waals surface area contributed by atoms with Crippen LogP contribution < -0.4 is 10.1 Å². The largest absolute Gasteiger partial charge is 0.496 e. The number of fused-ring (bicyclic) bond motifs is 1. The molecule has 0 aliphatic heterocycles. The van der Waals surface area contributed by atoms with Crippen molar-refractivity contribution in [1.29, 1.82) is 0 Å². The van der Waals surface area contributed by atoms with Gasteiger partial charge in [-0.1, -0.05) is 24.3 Å². The van der Waals surface area contributed by atoms with Crippen LogP contribution in [-0.4, -0.2) is 18.0 Å². The molecule has 0 atom stereocenters. The Kier molecular flexibility index (Phi) is 3.70. The van der Waals surface area contributed by atoms with Crippen LogP contribution >= 0.6 is 0 Å². The van der Waals surface area contributed by atoms with Crippen LogP contribution in [-0.2, 0) is 0 Å². The van der Waals surface area contributed by atoms with Crippen molar-refractivity contribution in [2.24, 2.45) is 0 Å². The first-order chi connectivity index (χ1) is 12.3. The second kappa shape index (κ2) is 6.16. The molecule has 0 unspecified atom stereocenters. The van der Waals surface area contributed by atoms with Gasteiger partial charge in [-0.3, -0.25) is 4.79 Å². The Bertz CT molecular complexity index is 1030. The summed E-state index contributed by atoms with van der Waals surface area (Å²) in [4.78, 5) is 16.4. The van der Waals surface area contributed by atoms with Crippen LogP contribution in [0.5, 0.6) is 5.75 Å². The first-order valence-electron chi connectivity index (χ1n) is 7.61. The molecule has 0 spiro atoms. The zero-order valence-electron chi connectivity index (χ0n) is 13.4.